The Labute approximate surface area is 112 Å². The van der Waals surface area contributed by atoms with Crippen molar-refractivity contribution in [2.75, 3.05) is 26.3 Å². The Balaban J connectivity index is 1.40. The van der Waals surface area contributed by atoms with Crippen molar-refractivity contribution in [2.45, 2.75) is 43.9 Å². The fourth-order valence-electron chi connectivity index (χ4n) is 2.97. The molecule has 1 aromatic rings. The van der Waals surface area contributed by atoms with E-state index in [0.29, 0.717) is 19.1 Å². The zero-order chi connectivity index (χ0) is 12.7. The molecule has 1 aliphatic carbocycles. The second-order valence-corrected chi connectivity index (χ2v) is 5.74. The maximum absolute atomic E-state index is 5.77. The number of ether oxygens (including phenoxy) is 2. The maximum Gasteiger partial charge on any atom is 0.229 e. The lowest BCUT2D eigenvalue weighted by molar-refractivity contribution is -0.190. The van der Waals surface area contributed by atoms with Gasteiger partial charge in [0.05, 0.1) is 26.3 Å². The first kappa shape index (κ1) is 11.8. The third kappa shape index (κ3) is 2.40. The summed E-state index contributed by atoms with van der Waals surface area (Å²) in [5.74, 6) is 1.75. The number of piperidine rings is 1. The van der Waals surface area contributed by atoms with E-state index in [1.165, 1.54) is 12.8 Å². The van der Waals surface area contributed by atoms with Gasteiger partial charge in [-0.15, -0.1) is 0 Å². The van der Waals surface area contributed by atoms with Crippen LogP contribution in [-0.2, 0) is 16.0 Å². The van der Waals surface area contributed by atoms with E-state index in [0.717, 1.165) is 44.2 Å². The molecule has 0 atom stereocenters. The van der Waals surface area contributed by atoms with Gasteiger partial charge in [-0.2, -0.15) is 4.98 Å². The van der Waals surface area contributed by atoms with E-state index in [2.05, 4.69) is 15.0 Å². The number of likely N-dealkylation sites (tertiary alicyclic amines) is 1. The average Bonchev–Trinajstić information content (AvgIpc) is 3.01. The molecule has 4 rings (SSSR count). The lowest BCUT2D eigenvalue weighted by Gasteiger charge is -2.37. The molecule has 2 saturated heterocycles. The summed E-state index contributed by atoms with van der Waals surface area (Å²) in [6.07, 6.45) is 4.46. The molecule has 19 heavy (non-hydrogen) atoms. The highest BCUT2D eigenvalue weighted by Gasteiger charge is 2.41. The SMILES string of the molecule is C1CN(Cc2noc(C3CC3)n2)CC2(C1)OCCO2. The minimum absolute atomic E-state index is 0.374. The van der Waals surface area contributed by atoms with Crippen LogP contribution in [0.4, 0.5) is 0 Å². The summed E-state index contributed by atoms with van der Waals surface area (Å²) < 4.78 is 16.8. The topological polar surface area (TPSA) is 60.6 Å². The van der Waals surface area contributed by atoms with Crippen molar-refractivity contribution in [1.82, 2.24) is 15.0 Å². The summed E-state index contributed by atoms with van der Waals surface area (Å²) in [5, 5.41) is 4.08. The van der Waals surface area contributed by atoms with Gasteiger partial charge < -0.3 is 14.0 Å². The Morgan fingerprint density at radius 1 is 1.26 bits per heavy atom. The number of nitrogens with zero attached hydrogens (tertiary/aromatic N) is 3. The lowest BCUT2D eigenvalue weighted by atomic mass is 10.0. The molecule has 1 spiro atoms. The molecular formula is C13H19N3O3. The molecule has 0 amide bonds. The molecule has 1 aromatic heterocycles. The quantitative estimate of drug-likeness (QED) is 0.820. The van der Waals surface area contributed by atoms with E-state index in [1.54, 1.807) is 0 Å². The van der Waals surface area contributed by atoms with Crippen LogP contribution in [0.25, 0.3) is 0 Å². The molecule has 2 aliphatic heterocycles. The molecule has 0 bridgehead atoms. The van der Waals surface area contributed by atoms with Crippen molar-refractivity contribution in [3.8, 4) is 0 Å². The Hall–Kier alpha value is -0.980. The first-order valence-electron chi connectivity index (χ1n) is 7.16. The monoisotopic (exact) mass is 265 g/mol. The minimum atomic E-state index is -0.374. The number of rotatable bonds is 3. The number of hydrogen-bond acceptors (Lipinski definition) is 6. The van der Waals surface area contributed by atoms with Crippen LogP contribution in [0.15, 0.2) is 4.52 Å². The van der Waals surface area contributed by atoms with Crippen LogP contribution in [0.3, 0.4) is 0 Å². The van der Waals surface area contributed by atoms with Crippen molar-refractivity contribution in [3.05, 3.63) is 11.7 Å². The molecule has 0 radical (unpaired) electrons. The van der Waals surface area contributed by atoms with Crippen molar-refractivity contribution >= 4 is 0 Å². The molecule has 0 N–H and O–H groups in total. The normalized spacial score (nSPS) is 27.2. The fourth-order valence-corrected chi connectivity index (χ4v) is 2.97. The Morgan fingerprint density at radius 3 is 2.89 bits per heavy atom. The van der Waals surface area contributed by atoms with Gasteiger partial charge in [0, 0.05) is 12.3 Å². The third-order valence-electron chi connectivity index (χ3n) is 4.09. The Morgan fingerprint density at radius 2 is 2.11 bits per heavy atom. The highest BCUT2D eigenvalue weighted by atomic mass is 16.7. The number of aromatic nitrogens is 2. The predicted molar refractivity (Wildman–Crippen MR) is 65.4 cm³/mol. The van der Waals surface area contributed by atoms with Crippen LogP contribution in [0.1, 0.15) is 43.3 Å². The maximum atomic E-state index is 5.77. The Bertz CT molecular complexity index is 452. The smallest absolute Gasteiger partial charge is 0.229 e. The van der Waals surface area contributed by atoms with Crippen molar-refractivity contribution in [2.24, 2.45) is 0 Å². The molecule has 0 aromatic carbocycles. The van der Waals surface area contributed by atoms with Gasteiger partial charge in [0.1, 0.15) is 0 Å². The van der Waals surface area contributed by atoms with Gasteiger partial charge in [-0.05, 0) is 25.8 Å². The van der Waals surface area contributed by atoms with E-state index >= 15 is 0 Å². The van der Waals surface area contributed by atoms with Gasteiger partial charge in [0.15, 0.2) is 11.6 Å². The molecule has 104 valence electrons. The fraction of sp³-hybridized carbons (Fsp3) is 0.846. The predicted octanol–water partition coefficient (Wildman–Crippen LogP) is 1.29. The molecular weight excluding hydrogens is 246 g/mol. The minimum Gasteiger partial charge on any atom is -0.346 e. The molecule has 0 unspecified atom stereocenters. The summed E-state index contributed by atoms with van der Waals surface area (Å²) in [7, 11) is 0. The standard InChI is InChI=1S/C13H19N3O3/c1-4-13(17-6-7-18-13)9-16(5-1)8-11-14-12(19-15-11)10-2-3-10/h10H,1-9H2. The van der Waals surface area contributed by atoms with Gasteiger partial charge in [0.2, 0.25) is 5.89 Å². The molecule has 6 heteroatoms. The van der Waals surface area contributed by atoms with Crippen LogP contribution in [0.2, 0.25) is 0 Å². The molecule has 3 heterocycles. The van der Waals surface area contributed by atoms with Crippen molar-refractivity contribution in [1.29, 1.82) is 0 Å². The number of hydrogen-bond donors (Lipinski definition) is 0. The first-order chi connectivity index (χ1) is 9.33. The van der Waals surface area contributed by atoms with Gasteiger partial charge in [-0.3, -0.25) is 4.90 Å². The summed E-state index contributed by atoms with van der Waals surface area (Å²) >= 11 is 0. The van der Waals surface area contributed by atoms with E-state index in [-0.39, 0.29) is 5.79 Å². The van der Waals surface area contributed by atoms with E-state index in [9.17, 15) is 0 Å². The molecule has 6 nitrogen and oxygen atoms in total. The van der Waals surface area contributed by atoms with E-state index in [1.807, 2.05) is 0 Å². The summed E-state index contributed by atoms with van der Waals surface area (Å²) in [6, 6.07) is 0. The summed E-state index contributed by atoms with van der Waals surface area (Å²) in [6.45, 7) is 4.00. The van der Waals surface area contributed by atoms with E-state index < -0.39 is 0 Å². The molecule has 1 saturated carbocycles. The van der Waals surface area contributed by atoms with E-state index in [4.69, 9.17) is 14.0 Å². The largest absolute Gasteiger partial charge is 0.346 e. The van der Waals surface area contributed by atoms with Gasteiger partial charge >= 0.3 is 0 Å². The second-order valence-electron chi connectivity index (χ2n) is 5.74. The second kappa shape index (κ2) is 4.54. The van der Waals surface area contributed by atoms with Gasteiger partial charge in [-0.25, -0.2) is 0 Å². The highest BCUT2D eigenvalue weighted by molar-refractivity contribution is 5.02. The van der Waals surface area contributed by atoms with Crippen LogP contribution in [-0.4, -0.2) is 47.1 Å². The van der Waals surface area contributed by atoms with Crippen LogP contribution in [0.5, 0.6) is 0 Å². The van der Waals surface area contributed by atoms with Crippen molar-refractivity contribution in [3.63, 3.8) is 0 Å². The zero-order valence-corrected chi connectivity index (χ0v) is 11.0. The van der Waals surface area contributed by atoms with Crippen LogP contribution in [0, 0.1) is 0 Å². The van der Waals surface area contributed by atoms with Gasteiger partial charge in [0.25, 0.3) is 0 Å². The van der Waals surface area contributed by atoms with Crippen molar-refractivity contribution < 1.29 is 14.0 Å². The molecule has 3 aliphatic rings. The third-order valence-corrected chi connectivity index (χ3v) is 4.09. The lowest BCUT2D eigenvalue weighted by Crippen LogP contribution is -2.48. The van der Waals surface area contributed by atoms with Crippen LogP contribution < -0.4 is 0 Å². The zero-order valence-electron chi connectivity index (χ0n) is 11.0. The first-order valence-corrected chi connectivity index (χ1v) is 7.16. The average molecular weight is 265 g/mol. The van der Waals surface area contributed by atoms with Crippen LogP contribution >= 0.6 is 0 Å². The highest BCUT2D eigenvalue weighted by Crippen LogP contribution is 2.39. The summed E-state index contributed by atoms with van der Waals surface area (Å²) in [5.41, 5.74) is 0. The van der Waals surface area contributed by atoms with Gasteiger partial charge in [-0.1, -0.05) is 5.16 Å². The Kier molecular flexibility index (Phi) is 2.82. The molecule has 3 fully saturated rings. The summed E-state index contributed by atoms with van der Waals surface area (Å²) in [4.78, 5) is 6.78.